The third-order valence-corrected chi connectivity index (χ3v) is 3.99. The number of benzene rings is 1. The third kappa shape index (κ3) is 4.45. The van der Waals surface area contributed by atoms with E-state index in [9.17, 15) is 4.79 Å². The molecule has 0 radical (unpaired) electrons. The third-order valence-electron chi connectivity index (χ3n) is 3.99. The van der Waals surface area contributed by atoms with Gasteiger partial charge < -0.3 is 14.4 Å². The summed E-state index contributed by atoms with van der Waals surface area (Å²) >= 11 is 0. The Morgan fingerprint density at radius 3 is 2.86 bits per heavy atom. The van der Waals surface area contributed by atoms with E-state index in [2.05, 4.69) is 49.0 Å². The molecule has 1 aromatic rings. The number of aryl methyl sites for hydroxylation is 1. The van der Waals surface area contributed by atoms with Gasteiger partial charge in [-0.15, -0.1) is 0 Å². The van der Waals surface area contributed by atoms with E-state index in [-0.39, 0.29) is 12.1 Å². The molecule has 1 fully saturated rings. The molecule has 22 heavy (non-hydrogen) atoms. The molecule has 5 nitrogen and oxygen atoms in total. The van der Waals surface area contributed by atoms with E-state index in [0.717, 1.165) is 19.6 Å². The van der Waals surface area contributed by atoms with Crippen LogP contribution in [0.1, 0.15) is 17.5 Å². The van der Waals surface area contributed by atoms with Gasteiger partial charge in [0.2, 0.25) is 0 Å². The zero-order valence-electron chi connectivity index (χ0n) is 14.0. The van der Waals surface area contributed by atoms with Crippen LogP contribution >= 0.6 is 0 Å². The van der Waals surface area contributed by atoms with Crippen molar-refractivity contribution >= 4 is 11.7 Å². The number of esters is 1. The first-order valence-electron chi connectivity index (χ1n) is 7.67. The average Bonchev–Trinajstić information content (AvgIpc) is 2.47. The topological polar surface area (TPSA) is 42.0 Å². The van der Waals surface area contributed by atoms with Crippen molar-refractivity contribution in [2.45, 2.75) is 26.0 Å². The molecule has 1 heterocycles. The van der Waals surface area contributed by atoms with Gasteiger partial charge in [0.15, 0.2) is 0 Å². The quantitative estimate of drug-likeness (QED) is 0.776. The smallest absolute Gasteiger partial charge is 0.308 e. The molecule has 5 heteroatoms. The van der Waals surface area contributed by atoms with Gasteiger partial charge >= 0.3 is 5.97 Å². The SMILES string of the molecule is COC(=O)C[C@H]1CN(Cc2ccc(N(C)C)c(C)c2)CCO1. The Morgan fingerprint density at radius 1 is 1.45 bits per heavy atom. The Kier molecular flexibility index (Phi) is 5.80. The van der Waals surface area contributed by atoms with Gasteiger partial charge in [-0.3, -0.25) is 9.69 Å². The molecule has 0 saturated carbocycles. The summed E-state index contributed by atoms with van der Waals surface area (Å²) in [7, 11) is 5.53. The highest BCUT2D eigenvalue weighted by atomic mass is 16.5. The summed E-state index contributed by atoms with van der Waals surface area (Å²) in [5.74, 6) is -0.210. The molecule has 1 atom stereocenters. The molecule has 122 valence electrons. The summed E-state index contributed by atoms with van der Waals surface area (Å²) in [6.07, 6.45) is 0.259. The summed E-state index contributed by atoms with van der Waals surface area (Å²) in [6.45, 7) is 5.35. The average molecular weight is 306 g/mol. The number of hydrogen-bond donors (Lipinski definition) is 0. The molecule has 1 aliphatic heterocycles. The molecule has 0 amide bonds. The van der Waals surface area contributed by atoms with Gasteiger partial charge in [0.25, 0.3) is 0 Å². The van der Waals surface area contributed by atoms with Gasteiger partial charge in [0.1, 0.15) is 0 Å². The highest BCUT2D eigenvalue weighted by molar-refractivity contribution is 5.69. The van der Waals surface area contributed by atoms with Crippen LogP contribution in [0.4, 0.5) is 5.69 Å². The zero-order chi connectivity index (χ0) is 16.1. The summed E-state index contributed by atoms with van der Waals surface area (Å²) in [6, 6.07) is 6.57. The summed E-state index contributed by atoms with van der Waals surface area (Å²) < 4.78 is 10.4. The minimum Gasteiger partial charge on any atom is -0.469 e. The van der Waals surface area contributed by atoms with Gasteiger partial charge in [0, 0.05) is 39.4 Å². The lowest BCUT2D eigenvalue weighted by Crippen LogP contribution is -2.42. The Balaban J connectivity index is 1.95. The highest BCUT2D eigenvalue weighted by Gasteiger charge is 2.23. The lowest BCUT2D eigenvalue weighted by molar-refractivity contribution is -0.145. The Bertz CT molecular complexity index is 517. The number of ether oxygens (including phenoxy) is 2. The second kappa shape index (κ2) is 7.61. The van der Waals surface area contributed by atoms with Gasteiger partial charge in [-0.25, -0.2) is 0 Å². The summed E-state index contributed by atoms with van der Waals surface area (Å²) in [5.41, 5.74) is 3.82. The number of anilines is 1. The van der Waals surface area contributed by atoms with Crippen molar-refractivity contribution in [3.05, 3.63) is 29.3 Å². The van der Waals surface area contributed by atoms with Crippen molar-refractivity contribution in [2.24, 2.45) is 0 Å². The van der Waals surface area contributed by atoms with Crippen LogP contribution in [0.5, 0.6) is 0 Å². The lowest BCUT2D eigenvalue weighted by Gasteiger charge is -2.32. The fourth-order valence-corrected chi connectivity index (χ4v) is 2.89. The van der Waals surface area contributed by atoms with Crippen molar-refractivity contribution in [1.82, 2.24) is 4.90 Å². The minimum absolute atomic E-state index is 0.0663. The number of carbonyl (C=O) groups excluding carboxylic acids is 1. The molecule has 0 aromatic heterocycles. The molecule has 1 aromatic carbocycles. The fourth-order valence-electron chi connectivity index (χ4n) is 2.89. The first kappa shape index (κ1) is 16.8. The van der Waals surface area contributed by atoms with E-state index in [0.29, 0.717) is 13.0 Å². The number of carbonyl (C=O) groups is 1. The van der Waals surface area contributed by atoms with Gasteiger partial charge in [-0.2, -0.15) is 0 Å². The van der Waals surface area contributed by atoms with Crippen LogP contribution in [-0.2, 0) is 20.8 Å². The molecule has 0 bridgehead atoms. The first-order chi connectivity index (χ1) is 10.5. The van der Waals surface area contributed by atoms with Crippen molar-refractivity contribution in [3.8, 4) is 0 Å². The molecular formula is C17H26N2O3. The van der Waals surface area contributed by atoms with E-state index in [4.69, 9.17) is 9.47 Å². The Hall–Kier alpha value is -1.59. The second-order valence-corrected chi connectivity index (χ2v) is 6.02. The molecule has 1 saturated heterocycles. The Morgan fingerprint density at radius 2 is 2.23 bits per heavy atom. The molecule has 0 aliphatic carbocycles. The zero-order valence-corrected chi connectivity index (χ0v) is 14.0. The largest absolute Gasteiger partial charge is 0.469 e. The highest BCUT2D eigenvalue weighted by Crippen LogP contribution is 2.21. The minimum atomic E-state index is -0.210. The summed E-state index contributed by atoms with van der Waals surface area (Å²) in [5, 5.41) is 0. The van der Waals surface area contributed by atoms with Crippen LogP contribution < -0.4 is 4.90 Å². The van der Waals surface area contributed by atoms with Crippen LogP contribution in [0.15, 0.2) is 18.2 Å². The molecule has 2 rings (SSSR count). The van der Waals surface area contributed by atoms with E-state index >= 15 is 0 Å². The maximum absolute atomic E-state index is 11.4. The molecule has 1 aliphatic rings. The maximum atomic E-state index is 11.4. The van der Waals surface area contributed by atoms with Crippen LogP contribution in [-0.4, -0.2) is 57.9 Å². The van der Waals surface area contributed by atoms with Gasteiger partial charge in [-0.1, -0.05) is 12.1 Å². The number of hydrogen-bond acceptors (Lipinski definition) is 5. The van der Waals surface area contributed by atoms with Crippen molar-refractivity contribution in [2.75, 3.05) is 45.8 Å². The van der Waals surface area contributed by atoms with Crippen LogP contribution in [0, 0.1) is 6.92 Å². The standard InChI is InChI=1S/C17H26N2O3/c1-13-9-14(5-6-16(13)18(2)3)11-19-7-8-22-15(12-19)10-17(20)21-4/h5-6,9,15H,7-8,10-12H2,1-4H3/t15-/m0/s1. The number of rotatable bonds is 5. The number of nitrogens with zero attached hydrogens (tertiary/aromatic N) is 2. The summed E-state index contributed by atoms with van der Waals surface area (Å²) in [4.78, 5) is 15.8. The van der Waals surface area contributed by atoms with Gasteiger partial charge in [0.05, 0.1) is 26.2 Å². The predicted molar refractivity (Wildman–Crippen MR) is 87.2 cm³/mol. The van der Waals surface area contributed by atoms with Crippen molar-refractivity contribution in [1.29, 1.82) is 0 Å². The van der Waals surface area contributed by atoms with Crippen molar-refractivity contribution in [3.63, 3.8) is 0 Å². The second-order valence-electron chi connectivity index (χ2n) is 6.02. The van der Waals surface area contributed by atoms with E-state index in [1.807, 2.05) is 0 Å². The lowest BCUT2D eigenvalue weighted by atomic mass is 10.1. The number of morpholine rings is 1. The first-order valence-corrected chi connectivity index (χ1v) is 7.67. The van der Waals surface area contributed by atoms with Crippen molar-refractivity contribution < 1.29 is 14.3 Å². The van der Waals surface area contributed by atoms with Crippen LogP contribution in [0.3, 0.4) is 0 Å². The maximum Gasteiger partial charge on any atom is 0.308 e. The van der Waals surface area contributed by atoms with E-state index in [1.165, 1.54) is 23.9 Å². The fraction of sp³-hybridized carbons (Fsp3) is 0.588. The molecule has 0 spiro atoms. The molecular weight excluding hydrogens is 280 g/mol. The van der Waals surface area contributed by atoms with E-state index < -0.39 is 0 Å². The van der Waals surface area contributed by atoms with Gasteiger partial charge in [-0.05, 0) is 24.1 Å². The van der Waals surface area contributed by atoms with E-state index in [1.54, 1.807) is 0 Å². The number of methoxy groups -OCH3 is 1. The molecule has 0 unspecified atom stereocenters. The predicted octanol–water partition coefficient (Wildman–Crippen LogP) is 1.82. The normalized spacial score (nSPS) is 19.0. The Labute approximate surface area is 132 Å². The molecule has 0 N–H and O–H groups in total. The van der Waals surface area contributed by atoms with Crippen LogP contribution in [0.2, 0.25) is 0 Å². The monoisotopic (exact) mass is 306 g/mol. The van der Waals surface area contributed by atoms with Crippen LogP contribution in [0.25, 0.3) is 0 Å².